The van der Waals surface area contributed by atoms with E-state index >= 15 is 0 Å². The van der Waals surface area contributed by atoms with Crippen LogP contribution >= 0.6 is 0 Å². The topological polar surface area (TPSA) is 49.2 Å². The summed E-state index contributed by atoms with van der Waals surface area (Å²) in [6.07, 6.45) is 3.88. The number of hydrogen-bond donors (Lipinski definition) is 0. The zero-order valence-corrected chi connectivity index (χ0v) is 14.7. The van der Waals surface area contributed by atoms with Crippen LogP contribution in [-0.2, 0) is 7.05 Å². The summed E-state index contributed by atoms with van der Waals surface area (Å²) in [4.78, 5) is 9.34. The largest absolute Gasteiger partial charge is 0.493 e. The van der Waals surface area contributed by atoms with Crippen molar-refractivity contribution in [1.82, 2.24) is 14.5 Å². The molecule has 0 spiro atoms. The van der Waals surface area contributed by atoms with Crippen LogP contribution in [0.15, 0.2) is 42.7 Å². The van der Waals surface area contributed by atoms with Crippen LogP contribution in [0.1, 0.15) is 5.56 Å². The summed E-state index contributed by atoms with van der Waals surface area (Å²) in [6.45, 7) is 2.09. The van der Waals surface area contributed by atoms with Gasteiger partial charge in [0.25, 0.3) is 0 Å². The lowest BCUT2D eigenvalue weighted by Crippen LogP contribution is -1.94. The zero-order chi connectivity index (χ0) is 17.6. The molecule has 3 aromatic heterocycles. The molecule has 0 bridgehead atoms. The molecule has 0 N–H and O–H groups in total. The van der Waals surface area contributed by atoms with Crippen LogP contribution in [0.4, 0.5) is 0 Å². The third-order valence-electron chi connectivity index (χ3n) is 4.53. The van der Waals surface area contributed by atoms with Crippen LogP contribution in [0.2, 0.25) is 0 Å². The van der Waals surface area contributed by atoms with Gasteiger partial charge in [0.15, 0.2) is 11.5 Å². The van der Waals surface area contributed by atoms with E-state index in [1.165, 1.54) is 0 Å². The number of methoxy groups -OCH3 is 2. The molecule has 4 aromatic rings. The van der Waals surface area contributed by atoms with Crippen LogP contribution in [-0.4, -0.2) is 28.8 Å². The lowest BCUT2D eigenvalue weighted by Gasteiger charge is -2.11. The van der Waals surface area contributed by atoms with Crippen molar-refractivity contribution in [3.05, 3.63) is 48.3 Å². The van der Waals surface area contributed by atoms with Crippen molar-refractivity contribution in [1.29, 1.82) is 0 Å². The standard InChI is InChI=1S/C20H19N3O2/c1-12-8-16(15-11-23(2)20-13(15)6-5-7-21-20)22-17-10-19(25-4)18(24-3)9-14(12)17/h5-11H,1-4H3. The maximum atomic E-state index is 5.43. The Morgan fingerprint density at radius 1 is 1.00 bits per heavy atom. The van der Waals surface area contributed by atoms with E-state index in [1.807, 2.05) is 36.0 Å². The van der Waals surface area contributed by atoms with Gasteiger partial charge >= 0.3 is 0 Å². The van der Waals surface area contributed by atoms with E-state index in [0.29, 0.717) is 11.5 Å². The minimum Gasteiger partial charge on any atom is -0.493 e. The number of aryl methyl sites for hydroxylation is 2. The van der Waals surface area contributed by atoms with Crippen molar-refractivity contribution in [2.24, 2.45) is 7.05 Å². The molecule has 126 valence electrons. The highest BCUT2D eigenvalue weighted by molar-refractivity contribution is 5.95. The van der Waals surface area contributed by atoms with Gasteiger partial charge in [0, 0.05) is 41.8 Å². The number of aromatic nitrogens is 3. The summed E-state index contributed by atoms with van der Waals surface area (Å²) in [5.74, 6) is 1.39. The molecule has 0 saturated carbocycles. The quantitative estimate of drug-likeness (QED) is 0.566. The summed E-state index contributed by atoms with van der Waals surface area (Å²) < 4.78 is 12.9. The van der Waals surface area contributed by atoms with Gasteiger partial charge in [-0.05, 0) is 36.8 Å². The lowest BCUT2D eigenvalue weighted by molar-refractivity contribution is 0.356. The van der Waals surface area contributed by atoms with Crippen LogP contribution in [0.3, 0.4) is 0 Å². The van der Waals surface area contributed by atoms with Gasteiger partial charge in [-0.3, -0.25) is 0 Å². The fourth-order valence-corrected chi connectivity index (χ4v) is 3.28. The van der Waals surface area contributed by atoms with Gasteiger partial charge in [0.2, 0.25) is 0 Å². The van der Waals surface area contributed by atoms with E-state index in [-0.39, 0.29) is 0 Å². The van der Waals surface area contributed by atoms with Gasteiger partial charge < -0.3 is 14.0 Å². The van der Waals surface area contributed by atoms with Gasteiger partial charge in [-0.15, -0.1) is 0 Å². The number of nitrogens with zero attached hydrogens (tertiary/aromatic N) is 3. The summed E-state index contributed by atoms with van der Waals surface area (Å²) in [5, 5.41) is 2.15. The lowest BCUT2D eigenvalue weighted by atomic mass is 10.0. The molecule has 5 nitrogen and oxygen atoms in total. The molecule has 1 aromatic carbocycles. The Kier molecular flexibility index (Phi) is 3.57. The molecule has 0 radical (unpaired) electrons. The Labute approximate surface area is 145 Å². The Morgan fingerprint density at radius 3 is 2.52 bits per heavy atom. The molecule has 4 rings (SSSR count). The third kappa shape index (κ3) is 2.39. The highest BCUT2D eigenvalue weighted by Gasteiger charge is 2.14. The minimum absolute atomic E-state index is 0.679. The summed E-state index contributed by atoms with van der Waals surface area (Å²) in [5.41, 5.74) is 4.97. The summed E-state index contributed by atoms with van der Waals surface area (Å²) in [7, 11) is 5.28. The molecule has 0 saturated heterocycles. The fourth-order valence-electron chi connectivity index (χ4n) is 3.28. The maximum Gasteiger partial charge on any atom is 0.162 e. The Bertz CT molecular complexity index is 1100. The van der Waals surface area contributed by atoms with Crippen molar-refractivity contribution >= 4 is 21.9 Å². The number of hydrogen-bond acceptors (Lipinski definition) is 4. The molecule has 0 amide bonds. The molecule has 3 heterocycles. The number of rotatable bonds is 3. The van der Waals surface area contributed by atoms with Crippen molar-refractivity contribution in [2.45, 2.75) is 6.92 Å². The molecule has 0 aliphatic rings. The Balaban J connectivity index is 1.99. The van der Waals surface area contributed by atoms with Crippen molar-refractivity contribution in [3.63, 3.8) is 0 Å². The fraction of sp³-hybridized carbons (Fsp3) is 0.200. The molecule has 5 heteroatoms. The van der Waals surface area contributed by atoms with E-state index in [4.69, 9.17) is 14.5 Å². The Morgan fingerprint density at radius 2 is 1.76 bits per heavy atom. The highest BCUT2D eigenvalue weighted by Crippen LogP contribution is 2.35. The average Bonchev–Trinajstić information content (AvgIpc) is 2.98. The number of benzene rings is 1. The van der Waals surface area contributed by atoms with Gasteiger partial charge in [0.05, 0.1) is 25.4 Å². The van der Waals surface area contributed by atoms with Crippen LogP contribution in [0.5, 0.6) is 11.5 Å². The van der Waals surface area contributed by atoms with Crippen molar-refractivity contribution < 1.29 is 9.47 Å². The SMILES string of the molecule is COc1cc2nc(-c3cn(C)c4ncccc34)cc(C)c2cc1OC. The zero-order valence-electron chi connectivity index (χ0n) is 14.7. The summed E-state index contributed by atoms with van der Waals surface area (Å²) >= 11 is 0. The second-order valence-corrected chi connectivity index (χ2v) is 6.08. The highest BCUT2D eigenvalue weighted by atomic mass is 16.5. The number of pyridine rings is 2. The first-order valence-electron chi connectivity index (χ1n) is 8.06. The molecule has 0 aliphatic carbocycles. The third-order valence-corrected chi connectivity index (χ3v) is 4.53. The smallest absolute Gasteiger partial charge is 0.162 e. The van der Waals surface area contributed by atoms with E-state index in [2.05, 4.69) is 30.2 Å². The Hall–Kier alpha value is -3.08. The van der Waals surface area contributed by atoms with Gasteiger partial charge in [0.1, 0.15) is 5.65 Å². The molecular weight excluding hydrogens is 314 g/mol. The maximum absolute atomic E-state index is 5.43. The molecule has 0 atom stereocenters. The minimum atomic E-state index is 0.679. The second-order valence-electron chi connectivity index (χ2n) is 6.08. The monoisotopic (exact) mass is 333 g/mol. The normalized spacial score (nSPS) is 11.2. The first-order chi connectivity index (χ1) is 12.1. The van der Waals surface area contributed by atoms with E-state index in [9.17, 15) is 0 Å². The van der Waals surface area contributed by atoms with Crippen molar-refractivity contribution in [3.8, 4) is 22.8 Å². The van der Waals surface area contributed by atoms with Crippen LogP contribution < -0.4 is 9.47 Å². The average molecular weight is 333 g/mol. The molecule has 0 fully saturated rings. The molecule has 25 heavy (non-hydrogen) atoms. The second kappa shape index (κ2) is 5.77. The predicted octanol–water partition coefficient (Wildman–Crippen LogP) is 4.11. The van der Waals surface area contributed by atoms with Gasteiger partial charge in [-0.1, -0.05) is 0 Å². The van der Waals surface area contributed by atoms with Crippen molar-refractivity contribution in [2.75, 3.05) is 14.2 Å². The molecule has 0 unspecified atom stereocenters. The number of ether oxygens (including phenoxy) is 2. The molecule has 0 aliphatic heterocycles. The first kappa shape index (κ1) is 15.4. The summed E-state index contributed by atoms with van der Waals surface area (Å²) in [6, 6.07) is 10.0. The van der Waals surface area contributed by atoms with E-state index < -0.39 is 0 Å². The van der Waals surface area contributed by atoms with E-state index in [1.54, 1.807) is 14.2 Å². The number of fused-ring (bicyclic) bond motifs is 2. The van der Waals surface area contributed by atoms with Crippen LogP contribution in [0, 0.1) is 6.92 Å². The van der Waals surface area contributed by atoms with Crippen LogP contribution in [0.25, 0.3) is 33.2 Å². The van der Waals surface area contributed by atoms with Gasteiger partial charge in [-0.25, -0.2) is 9.97 Å². The van der Waals surface area contributed by atoms with E-state index in [0.717, 1.165) is 38.8 Å². The first-order valence-corrected chi connectivity index (χ1v) is 8.06. The van der Waals surface area contributed by atoms with Gasteiger partial charge in [-0.2, -0.15) is 0 Å². The molecular formula is C20H19N3O2. The predicted molar refractivity (Wildman–Crippen MR) is 99.3 cm³/mol.